The van der Waals surface area contributed by atoms with Crippen molar-refractivity contribution in [1.29, 1.82) is 0 Å². The van der Waals surface area contributed by atoms with Crippen LogP contribution in [0.2, 0.25) is 0 Å². The molecule has 6 nitrogen and oxygen atoms in total. The Kier molecular flexibility index (Phi) is 7.62. The van der Waals surface area contributed by atoms with Crippen molar-refractivity contribution in [3.05, 3.63) is 57.7 Å². The highest BCUT2D eigenvalue weighted by molar-refractivity contribution is 14.1. The number of anilines is 2. The summed E-state index contributed by atoms with van der Waals surface area (Å²) in [6.45, 7) is 4.56. The number of hydrogen-bond donors (Lipinski definition) is 1. The second-order valence-corrected chi connectivity index (χ2v) is 11.0. The summed E-state index contributed by atoms with van der Waals surface area (Å²) in [4.78, 5) is 14.8. The van der Waals surface area contributed by atoms with Crippen LogP contribution in [-0.4, -0.2) is 40.2 Å². The zero-order valence-electron chi connectivity index (χ0n) is 17.3. The standard InChI is InChI=1S/C22H28IN3O3S/c1-17-4-3-13-25(15-17)20-9-5-18(6-10-20)14-24-22(27)16-26(30(2,28)29)21-11-7-19(23)8-12-21/h5-12,17H,3-4,13-16H2,1-2H3,(H,24,27). The second kappa shape index (κ2) is 10.00. The summed E-state index contributed by atoms with van der Waals surface area (Å²) in [5, 5.41) is 2.83. The minimum atomic E-state index is -3.57. The third-order valence-electron chi connectivity index (χ3n) is 5.25. The van der Waals surface area contributed by atoms with Crippen molar-refractivity contribution in [2.24, 2.45) is 5.92 Å². The van der Waals surface area contributed by atoms with Gasteiger partial charge in [0.15, 0.2) is 0 Å². The SMILES string of the molecule is CC1CCCN(c2ccc(CNC(=O)CN(c3ccc(I)cc3)S(C)(=O)=O)cc2)C1. The van der Waals surface area contributed by atoms with E-state index in [0.29, 0.717) is 18.2 Å². The van der Waals surface area contributed by atoms with Crippen LogP contribution >= 0.6 is 22.6 Å². The first kappa shape index (κ1) is 22.9. The van der Waals surface area contributed by atoms with Gasteiger partial charge in [0, 0.05) is 28.9 Å². The van der Waals surface area contributed by atoms with Gasteiger partial charge in [0.2, 0.25) is 15.9 Å². The highest BCUT2D eigenvalue weighted by Crippen LogP contribution is 2.23. The molecule has 2 aromatic carbocycles. The maximum absolute atomic E-state index is 12.4. The molecule has 1 unspecified atom stereocenters. The van der Waals surface area contributed by atoms with Crippen LogP contribution in [0.3, 0.4) is 0 Å². The molecule has 0 aliphatic carbocycles. The van der Waals surface area contributed by atoms with Gasteiger partial charge in [0.25, 0.3) is 0 Å². The molecule has 1 N–H and O–H groups in total. The summed E-state index contributed by atoms with van der Waals surface area (Å²) in [6, 6.07) is 15.3. The molecule has 1 saturated heterocycles. The molecule has 0 radical (unpaired) electrons. The lowest BCUT2D eigenvalue weighted by molar-refractivity contribution is -0.119. The van der Waals surface area contributed by atoms with E-state index >= 15 is 0 Å². The van der Waals surface area contributed by atoms with Crippen molar-refractivity contribution in [1.82, 2.24) is 5.32 Å². The Bertz CT molecular complexity index is 962. The summed E-state index contributed by atoms with van der Waals surface area (Å²) in [5.74, 6) is 0.372. The van der Waals surface area contributed by atoms with Crippen molar-refractivity contribution >= 4 is 49.9 Å². The van der Waals surface area contributed by atoms with Crippen molar-refractivity contribution in [3.63, 3.8) is 0 Å². The van der Waals surface area contributed by atoms with E-state index in [1.807, 2.05) is 24.3 Å². The van der Waals surface area contributed by atoms with Crippen LogP contribution in [0.4, 0.5) is 11.4 Å². The maximum atomic E-state index is 12.4. The van der Waals surface area contributed by atoms with Crippen molar-refractivity contribution in [2.75, 3.05) is 35.1 Å². The van der Waals surface area contributed by atoms with Gasteiger partial charge in [-0.15, -0.1) is 0 Å². The molecule has 8 heteroatoms. The van der Waals surface area contributed by atoms with Gasteiger partial charge in [-0.25, -0.2) is 8.42 Å². The number of carbonyl (C=O) groups excluding carboxylic acids is 1. The molecule has 0 bridgehead atoms. The van der Waals surface area contributed by atoms with Crippen LogP contribution in [-0.2, 0) is 21.4 Å². The van der Waals surface area contributed by atoms with E-state index in [-0.39, 0.29) is 12.5 Å². The minimum absolute atomic E-state index is 0.247. The van der Waals surface area contributed by atoms with E-state index in [9.17, 15) is 13.2 Å². The fourth-order valence-corrected chi connectivity index (χ4v) is 4.86. The largest absolute Gasteiger partial charge is 0.371 e. The molecule has 1 aliphatic heterocycles. The van der Waals surface area contributed by atoms with Gasteiger partial charge in [-0.1, -0.05) is 19.1 Å². The number of hydrogen-bond acceptors (Lipinski definition) is 4. The summed E-state index contributed by atoms with van der Waals surface area (Å²) in [5.41, 5.74) is 2.67. The van der Waals surface area contributed by atoms with E-state index in [4.69, 9.17) is 0 Å². The van der Waals surface area contributed by atoms with Crippen LogP contribution in [0.1, 0.15) is 25.3 Å². The molecule has 0 spiro atoms. The van der Waals surface area contributed by atoms with Gasteiger partial charge in [0.05, 0.1) is 11.9 Å². The predicted molar refractivity (Wildman–Crippen MR) is 130 cm³/mol. The molecule has 0 aromatic heterocycles. The number of rotatable bonds is 7. The number of halogens is 1. The summed E-state index contributed by atoms with van der Waals surface area (Å²) >= 11 is 2.15. The molecule has 1 atom stereocenters. The van der Waals surface area contributed by atoms with Gasteiger partial charge in [-0.2, -0.15) is 0 Å². The highest BCUT2D eigenvalue weighted by atomic mass is 127. The number of amides is 1. The Balaban J connectivity index is 1.58. The van der Waals surface area contributed by atoms with E-state index in [2.05, 4.69) is 51.9 Å². The Hall–Kier alpha value is -1.81. The molecule has 1 heterocycles. The quantitative estimate of drug-likeness (QED) is 0.544. The number of nitrogens with one attached hydrogen (secondary N) is 1. The number of sulfonamides is 1. The lowest BCUT2D eigenvalue weighted by Crippen LogP contribution is -2.40. The van der Waals surface area contributed by atoms with E-state index in [1.54, 1.807) is 12.1 Å². The van der Waals surface area contributed by atoms with Gasteiger partial charge >= 0.3 is 0 Å². The normalized spacial score (nSPS) is 16.9. The molecule has 1 amide bonds. The van der Waals surface area contributed by atoms with Crippen LogP contribution in [0.5, 0.6) is 0 Å². The predicted octanol–water partition coefficient (Wildman–Crippen LogP) is 3.61. The maximum Gasteiger partial charge on any atom is 0.241 e. The zero-order chi connectivity index (χ0) is 21.7. The smallest absolute Gasteiger partial charge is 0.241 e. The third-order valence-corrected chi connectivity index (χ3v) is 7.11. The molecule has 0 saturated carbocycles. The molecule has 1 aliphatic rings. The Morgan fingerprint density at radius 1 is 1.17 bits per heavy atom. The van der Waals surface area contributed by atoms with Gasteiger partial charge in [-0.05, 0) is 83.3 Å². The van der Waals surface area contributed by atoms with Crippen LogP contribution in [0.25, 0.3) is 0 Å². The second-order valence-electron chi connectivity index (χ2n) is 7.88. The molecule has 3 rings (SSSR count). The van der Waals surface area contributed by atoms with Crippen LogP contribution in [0, 0.1) is 9.49 Å². The van der Waals surface area contributed by atoms with E-state index in [0.717, 1.165) is 32.8 Å². The number of nitrogens with zero attached hydrogens (tertiary/aromatic N) is 2. The Labute approximate surface area is 192 Å². The molecular formula is C22H28IN3O3S. The zero-order valence-corrected chi connectivity index (χ0v) is 20.3. The van der Waals surface area contributed by atoms with Crippen molar-refractivity contribution in [2.45, 2.75) is 26.3 Å². The first-order valence-electron chi connectivity index (χ1n) is 10.1. The minimum Gasteiger partial charge on any atom is -0.371 e. The number of carbonyl (C=O) groups is 1. The average molecular weight is 541 g/mol. The summed E-state index contributed by atoms with van der Waals surface area (Å²) in [6.07, 6.45) is 3.61. The topological polar surface area (TPSA) is 69.7 Å². The van der Waals surface area contributed by atoms with Gasteiger partial charge in [0.1, 0.15) is 6.54 Å². The molecule has 30 heavy (non-hydrogen) atoms. The third kappa shape index (κ3) is 6.34. The molecule has 1 fully saturated rings. The molecule has 162 valence electrons. The van der Waals surface area contributed by atoms with Crippen molar-refractivity contribution < 1.29 is 13.2 Å². The van der Waals surface area contributed by atoms with Crippen LogP contribution in [0.15, 0.2) is 48.5 Å². The lowest BCUT2D eigenvalue weighted by Gasteiger charge is -2.32. The first-order valence-corrected chi connectivity index (χ1v) is 13.0. The Morgan fingerprint density at radius 3 is 2.43 bits per heavy atom. The number of piperidine rings is 1. The summed E-state index contributed by atoms with van der Waals surface area (Å²) < 4.78 is 26.5. The fraction of sp³-hybridized carbons (Fsp3) is 0.409. The van der Waals surface area contributed by atoms with Gasteiger partial charge in [-0.3, -0.25) is 9.10 Å². The number of benzene rings is 2. The highest BCUT2D eigenvalue weighted by Gasteiger charge is 2.21. The average Bonchev–Trinajstić information content (AvgIpc) is 2.71. The molecule has 2 aromatic rings. The lowest BCUT2D eigenvalue weighted by atomic mass is 9.99. The van der Waals surface area contributed by atoms with Crippen molar-refractivity contribution in [3.8, 4) is 0 Å². The van der Waals surface area contributed by atoms with Crippen LogP contribution < -0.4 is 14.5 Å². The van der Waals surface area contributed by atoms with Gasteiger partial charge < -0.3 is 10.2 Å². The Morgan fingerprint density at radius 2 is 1.83 bits per heavy atom. The monoisotopic (exact) mass is 541 g/mol. The van der Waals surface area contributed by atoms with E-state index in [1.165, 1.54) is 18.5 Å². The fourth-order valence-electron chi connectivity index (χ4n) is 3.64. The van der Waals surface area contributed by atoms with E-state index < -0.39 is 10.0 Å². The summed E-state index contributed by atoms with van der Waals surface area (Å²) in [7, 11) is -3.57. The molecular weight excluding hydrogens is 513 g/mol. The first-order chi connectivity index (χ1) is 14.2.